The number of benzene rings is 3. The van der Waals surface area contributed by atoms with Crippen LogP contribution in [0.1, 0.15) is 49.3 Å². The quantitative estimate of drug-likeness (QED) is 0.433. The first-order valence-corrected chi connectivity index (χ1v) is 11.7. The number of hydrogen-bond acceptors (Lipinski definition) is 3. The Kier molecular flexibility index (Phi) is 5.88. The number of aromatic nitrogens is 2. The van der Waals surface area contributed by atoms with Crippen LogP contribution in [-0.2, 0) is 22.6 Å². The molecular formula is C28H28N4O2. The maximum absolute atomic E-state index is 13.8. The predicted octanol–water partition coefficient (Wildman–Crippen LogP) is 5.27. The molecule has 5 rings (SSSR count). The van der Waals surface area contributed by atoms with Gasteiger partial charge in [0.2, 0.25) is 11.8 Å². The van der Waals surface area contributed by atoms with E-state index in [0.717, 1.165) is 40.1 Å². The first-order valence-electron chi connectivity index (χ1n) is 11.7. The van der Waals surface area contributed by atoms with E-state index in [1.54, 1.807) is 0 Å². The van der Waals surface area contributed by atoms with Crippen LogP contribution in [0, 0.1) is 0 Å². The Balaban J connectivity index is 1.49. The van der Waals surface area contributed by atoms with Gasteiger partial charge in [0.1, 0.15) is 11.9 Å². The highest BCUT2D eigenvalue weighted by Gasteiger charge is 2.40. The van der Waals surface area contributed by atoms with E-state index in [-0.39, 0.29) is 24.3 Å². The van der Waals surface area contributed by atoms with Gasteiger partial charge in [-0.15, -0.1) is 0 Å². The summed E-state index contributed by atoms with van der Waals surface area (Å²) in [6.07, 6.45) is 0.933. The van der Waals surface area contributed by atoms with Crippen molar-refractivity contribution in [1.29, 1.82) is 0 Å². The third kappa shape index (κ3) is 4.07. The Hall–Kier alpha value is -3.93. The number of nitrogens with one attached hydrogen (secondary N) is 1. The molecular weight excluding hydrogens is 424 g/mol. The molecule has 4 aromatic rings. The topological polar surface area (TPSA) is 67.2 Å². The van der Waals surface area contributed by atoms with Gasteiger partial charge in [-0.3, -0.25) is 9.59 Å². The molecule has 2 amide bonds. The summed E-state index contributed by atoms with van der Waals surface area (Å²) in [5.74, 6) is 0.552. The second-order valence-electron chi connectivity index (χ2n) is 8.78. The lowest BCUT2D eigenvalue weighted by molar-refractivity contribution is -0.142. The minimum absolute atomic E-state index is 0.0422. The van der Waals surface area contributed by atoms with Crippen molar-refractivity contribution < 1.29 is 9.59 Å². The number of carbonyl (C=O) groups is 2. The van der Waals surface area contributed by atoms with Gasteiger partial charge in [-0.2, -0.15) is 0 Å². The van der Waals surface area contributed by atoms with Crippen LogP contribution in [0.25, 0.3) is 11.0 Å². The predicted molar refractivity (Wildman–Crippen MR) is 133 cm³/mol. The van der Waals surface area contributed by atoms with Crippen LogP contribution in [-0.4, -0.2) is 26.3 Å². The number of carbonyl (C=O) groups excluding carboxylic acids is 2. The second-order valence-corrected chi connectivity index (χ2v) is 8.78. The summed E-state index contributed by atoms with van der Waals surface area (Å²) in [6.45, 7) is 4.56. The lowest BCUT2D eigenvalue weighted by Crippen LogP contribution is -2.45. The van der Waals surface area contributed by atoms with Crippen molar-refractivity contribution in [1.82, 2.24) is 14.5 Å². The number of rotatable bonds is 6. The molecule has 0 aliphatic carbocycles. The molecule has 34 heavy (non-hydrogen) atoms. The minimum Gasteiger partial charge on any atom is -0.327 e. The van der Waals surface area contributed by atoms with Crippen molar-refractivity contribution in [3.8, 4) is 0 Å². The molecule has 1 N–H and O–H groups in total. The van der Waals surface area contributed by atoms with E-state index in [0.29, 0.717) is 6.54 Å². The Labute approximate surface area is 199 Å². The molecule has 6 heteroatoms. The van der Waals surface area contributed by atoms with Gasteiger partial charge in [0.05, 0.1) is 23.5 Å². The van der Waals surface area contributed by atoms with E-state index in [1.165, 1.54) is 0 Å². The van der Waals surface area contributed by atoms with Gasteiger partial charge >= 0.3 is 0 Å². The Morgan fingerprint density at radius 1 is 0.971 bits per heavy atom. The summed E-state index contributed by atoms with van der Waals surface area (Å²) in [6, 6.07) is 24.7. The summed E-state index contributed by atoms with van der Waals surface area (Å²) >= 11 is 0. The van der Waals surface area contributed by atoms with Crippen LogP contribution in [0.3, 0.4) is 0 Å². The molecule has 0 saturated carbocycles. The van der Waals surface area contributed by atoms with Crippen molar-refractivity contribution in [3.05, 3.63) is 95.8 Å². The van der Waals surface area contributed by atoms with Crippen LogP contribution in [0.5, 0.6) is 0 Å². The number of aryl methyl sites for hydroxylation is 1. The molecule has 1 aliphatic heterocycles. The van der Waals surface area contributed by atoms with E-state index in [2.05, 4.69) is 12.2 Å². The van der Waals surface area contributed by atoms with Crippen LogP contribution in [0.15, 0.2) is 78.9 Å². The van der Waals surface area contributed by atoms with Crippen molar-refractivity contribution in [2.24, 2.45) is 0 Å². The second kappa shape index (κ2) is 9.14. The number of amides is 2. The summed E-state index contributed by atoms with van der Waals surface area (Å²) in [4.78, 5) is 33.7. The third-order valence-electron chi connectivity index (χ3n) is 6.54. The maximum atomic E-state index is 13.8. The van der Waals surface area contributed by atoms with Crippen molar-refractivity contribution in [3.63, 3.8) is 0 Å². The maximum Gasteiger partial charge on any atom is 0.247 e. The normalized spacial score (nSPS) is 17.6. The van der Waals surface area contributed by atoms with Gasteiger partial charge in [-0.25, -0.2) is 4.98 Å². The van der Waals surface area contributed by atoms with Gasteiger partial charge < -0.3 is 14.8 Å². The zero-order valence-corrected chi connectivity index (χ0v) is 19.4. The molecule has 1 aromatic heterocycles. The molecule has 0 bridgehead atoms. The van der Waals surface area contributed by atoms with Crippen molar-refractivity contribution in [2.45, 2.75) is 45.3 Å². The molecule has 1 aliphatic rings. The lowest BCUT2D eigenvalue weighted by Gasteiger charge is -2.38. The fraction of sp³-hybridized carbons (Fsp3) is 0.250. The summed E-state index contributed by atoms with van der Waals surface area (Å²) < 4.78 is 1.96. The van der Waals surface area contributed by atoms with Gasteiger partial charge in [0.15, 0.2) is 0 Å². The molecule has 2 atom stereocenters. The summed E-state index contributed by atoms with van der Waals surface area (Å²) in [5.41, 5.74) is 4.66. The van der Waals surface area contributed by atoms with E-state index in [1.807, 2.05) is 95.3 Å². The molecule has 0 spiro atoms. The smallest absolute Gasteiger partial charge is 0.247 e. The van der Waals surface area contributed by atoms with Gasteiger partial charge in [-0.1, -0.05) is 61.5 Å². The third-order valence-corrected chi connectivity index (χ3v) is 6.54. The Morgan fingerprint density at radius 2 is 1.71 bits per heavy atom. The number of nitrogens with zero attached hydrogens (tertiary/aromatic N) is 3. The fourth-order valence-corrected chi connectivity index (χ4v) is 4.75. The number of anilines is 1. The lowest BCUT2D eigenvalue weighted by atomic mass is 10.0. The van der Waals surface area contributed by atoms with Crippen LogP contribution < -0.4 is 5.32 Å². The first-order chi connectivity index (χ1) is 16.5. The van der Waals surface area contributed by atoms with E-state index >= 15 is 0 Å². The number of para-hydroxylation sites is 2. The molecule has 3 aromatic carbocycles. The molecule has 0 saturated heterocycles. The molecule has 0 radical (unpaired) electrons. The van der Waals surface area contributed by atoms with E-state index in [9.17, 15) is 9.59 Å². The molecule has 2 unspecified atom stereocenters. The summed E-state index contributed by atoms with van der Waals surface area (Å²) in [5, 5.41) is 2.99. The average molecular weight is 453 g/mol. The monoisotopic (exact) mass is 452 g/mol. The standard InChI is InChI=1S/C28H28N4O2/c1-3-20-12-9-13-22(16-20)29-26(33)17-25-28(34)31(18-21-10-5-4-6-11-21)19(2)27-30-23-14-7-8-15-24(23)32(25)27/h4-16,19,25H,3,17-18H2,1-2H3,(H,29,33). The van der Waals surface area contributed by atoms with Gasteiger partial charge in [-0.05, 0) is 48.7 Å². The van der Waals surface area contributed by atoms with Crippen LogP contribution in [0.4, 0.5) is 5.69 Å². The minimum atomic E-state index is -0.656. The summed E-state index contributed by atoms with van der Waals surface area (Å²) in [7, 11) is 0. The number of hydrogen-bond donors (Lipinski definition) is 1. The number of fused-ring (bicyclic) bond motifs is 3. The van der Waals surface area contributed by atoms with Crippen molar-refractivity contribution in [2.75, 3.05) is 5.32 Å². The Bertz CT molecular complexity index is 1350. The number of imidazole rings is 1. The molecule has 172 valence electrons. The van der Waals surface area contributed by atoms with E-state index < -0.39 is 6.04 Å². The highest BCUT2D eigenvalue weighted by molar-refractivity contribution is 5.96. The largest absolute Gasteiger partial charge is 0.327 e. The van der Waals surface area contributed by atoms with E-state index in [4.69, 9.17) is 4.98 Å². The van der Waals surface area contributed by atoms with Gasteiger partial charge in [0, 0.05) is 12.2 Å². The highest BCUT2D eigenvalue weighted by atomic mass is 16.2. The van der Waals surface area contributed by atoms with Crippen LogP contribution >= 0.6 is 0 Å². The average Bonchev–Trinajstić information content (AvgIpc) is 3.25. The molecule has 0 fully saturated rings. The highest BCUT2D eigenvalue weighted by Crippen LogP contribution is 2.37. The van der Waals surface area contributed by atoms with Gasteiger partial charge in [0.25, 0.3) is 0 Å². The van der Waals surface area contributed by atoms with Crippen LogP contribution in [0.2, 0.25) is 0 Å². The zero-order valence-electron chi connectivity index (χ0n) is 19.4. The fourth-order valence-electron chi connectivity index (χ4n) is 4.75. The van der Waals surface area contributed by atoms with Crippen molar-refractivity contribution >= 4 is 28.5 Å². The zero-order chi connectivity index (χ0) is 23.7. The molecule has 6 nitrogen and oxygen atoms in total. The SMILES string of the molecule is CCc1cccc(NC(=O)CC2C(=O)N(Cc3ccccc3)C(C)c3nc4ccccc4n32)c1. The Morgan fingerprint density at radius 3 is 2.50 bits per heavy atom. The molecule has 2 heterocycles. The first kappa shape index (κ1) is 21.9.